The van der Waals surface area contributed by atoms with E-state index >= 15 is 0 Å². The highest BCUT2D eigenvalue weighted by atomic mass is 16.7. The normalized spacial score (nSPS) is 50.8. The van der Waals surface area contributed by atoms with E-state index in [-0.39, 0.29) is 23.9 Å². The number of rotatable bonds is 1. The van der Waals surface area contributed by atoms with Gasteiger partial charge in [-0.2, -0.15) is 0 Å². The summed E-state index contributed by atoms with van der Waals surface area (Å²) in [4.78, 5) is 25.1. The first-order chi connectivity index (χ1) is 12.4. The fourth-order valence-electron chi connectivity index (χ4n) is 5.89. The minimum atomic E-state index is -1.62. The molecule has 7 rings (SSSR count). The van der Waals surface area contributed by atoms with Crippen molar-refractivity contribution >= 4 is 11.9 Å². The van der Waals surface area contributed by atoms with Gasteiger partial charge in [0, 0.05) is 28.4 Å². The van der Waals surface area contributed by atoms with Crippen molar-refractivity contribution in [1.29, 1.82) is 0 Å². The number of carbonyl (C=O) groups excluding carboxylic acids is 2. The third-order valence-electron chi connectivity index (χ3n) is 7.13. The molecular formula is C19H18O7. The zero-order valence-corrected chi connectivity index (χ0v) is 14.1. The molecular weight excluding hydrogens is 340 g/mol. The number of hydrogen-bond acceptors (Lipinski definition) is 7. The van der Waals surface area contributed by atoms with Crippen LogP contribution in [0.4, 0.5) is 0 Å². The average Bonchev–Trinajstić information content (AvgIpc) is 3.24. The lowest BCUT2D eigenvalue weighted by atomic mass is 9.49. The van der Waals surface area contributed by atoms with Crippen molar-refractivity contribution in [2.45, 2.75) is 49.8 Å². The van der Waals surface area contributed by atoms with Crippen LogP contribution in [0.15, 0.2) is 34.7 Å². The molecule has 4 saturated heterocycles. The van der Waals surface area contributed by atoms with Crippen molar-refractivity contribution in [3.63, 3.8) is 0 Å². The minimum Gasteiger partial charge on any atom is -0.472 e. The van der Waals surface area contributed by atoms with Gasteiger partial charge in [0.1, 0.15) is 24.4 Å². The number of aliphatic hydroxyl groups is 1. The number of furan rings is 1. The van der Waals surface area contributed by atoms with Crippen LogP contribution >= 0.6 is 0 Å². The second kappa shape index (κ2) is 4.40. The van der Waals surface area contributed by atoms with Crippen LogP contribution in [-0.2, 0) is 23.8 Å². The highest BCUT2D eigenvalue weighted by Gasteiger charge is 2.79. The Kier molecular flexibility index (Phi) is 2.54. The molecule has 0 radical (unpaired) electrons. The Morgan fingerprint density at radius 2 is 2.08 bits per heavy atom. The predicted octanol–water partition coefficient (Wildman–Crippen LogP) is 1.27. The number of carbonyl (C=O) groups is 2. The van der Waals surface area contributed by atoms with Crippen molar-refractivity contribution in [3.05, 3.63) is 35.8 Å². The second-order valence-electron chi connectivity index (χ2n) is 8.27. The number of allylic oxidation sites excluding steroid dienone is 1. The number of ether oxygens (including phenoxy) is 3. The summed E-state index contributed by atoms with van der Waals surface area (Å²) in [5.74, 6) is -1.44. The molecule has 4 aliphatic heterocycles. The van der Waals surface area contributed by atoms with E-state index in [0.29, 0.717) is 18.4 Å². The molecule has 1 saturated carbocycles. The fourth-order valence-corrected chi connectivity index (χ4v) is 5.89. The lowest BCUT2D eigenvalue weighted by molar-refractivity contribution is -0.231. The van der Waals surface area contributed by atoms with Crippen LogP contribution in [0.5, 0.6) is 0 Å². The average molecular weight is 358 g/mol. The largest absolute Gasteiger partial charge is 0.472 e. The topological polar surface area (TPSA) is 98.5 Å². The molecule has 0 amide bonds. The van der Waals surface area contributed by atoms with Gasteiger partial charge in [0.15, 0.2) is 5.60 Å². The first kappa shape index (κ1) is 15.0. The molecule has 136 valence electrons. The summed E-state index contributed by atoms with van der Waals surface area (Å²) in [5.41, 5.74) is -0.779. The lowest BCUT2D eigenvalue weighted by Gasteiger charge is -2.58. The molecule has 7 heteroatoms. The SMILES string of the molecule is C[C@@]12C[C@H](c3ccoc3)OC(=O)C1=CC[C@@H]1[C@H]2[C@@H]2OC(=O)[C@]1(O)[C@H]1O[C@@H]21. The highest BCUT2D eigenvalue weighted by molar-refractivity contribution is 5.92. The van der Waals surface area contributed by atoms with Crippen molar-refractivity contribution < 1.29 is 33.3 Å². The maximum absolute atomic E-state index is 12.7. The minimum absolute atomic E-state index is 0.184. The summed E-state index contributed by atoms with van der Waals surface area (Å²) in [7, 11) is 0. The molecule has 8 atom stereocenters. The molecule has 7 nitrogen and oxygen atoms in total. The highest BCUT2D eigenvalue weighted by Crippen LogP contribution is 2.65. The first-order valence-electron chi connectivity index (χ1n) is 8.97. The van der Waals surface area contributed by atoms with Gasteiger partial charge in [-0.1, -0.05) is 13.0 Å². The summed E-state index contributed by atoms with van der Waals surface area (Å²) in [6, 6.07) is 1.79. The Morgan fingerprint density at radius 1 is 1.23 bits per heavy atom. The van der Waals surface area contributed by atoms with Crippen LogP contribution in [0.1, 0.15) is 31.4 Å². The van der Waals surface area contributed by atoms with E-state index in [9.17, 15) is 14.7 Å². The number of fused-ring (bicyclic) bond motifs is 2. The summed E-state index contributed by atoms with van der Waals surface area (Å²) in [6.45, 7) is 2.01. The van der Waals surface area contributed by atoms with Crippen LogP contribution in [0, 0.1) is 17.3 Å². The van der Waals surface area contributed by atoms with Crippen molar-refractivity contribution in [2.24, 2.45) is 17.3 Å². The monoisotopic (exact) mass is 358 g/mol. The van der Waals surface area contributed by atoms with Gasteiger partial charge in [0.2, 0.25) is 0 Å². The van der Waals surface area contributed by atoms with Crippen molar-refractivity contribution in [3.8, 4) is 0 Å². The number of hydrogen-bond donors (Lipinski definition) is 1. The number of epoxide rings is 1. The van der Waals surface area contributed by atoms with E-state index in [1.807, 2.05) is 13.0 Å². The van der Waals surface area contributed by atoms with Gasteiger partial charge in [-0.05, 0) is 18.9 Å². The van der Waals surface area contributed by atoms with E-state index in [1.54, 1.807) is 18.6 Å². The van der Waals surface area contributed by atoms with Crippen LogP contribution in [-0.4, -0.2) is 41.0 Å². The molecule has 1 N–H and O–H groups in total. The molecule has 2 bridgehead atoms. The van der Waals surface area contributed by atoms with Crippen molar-refractivity contribution in [1.82, 2.24) is 0 Å². The summed E-state index contributed by atoms with van der Waals surface area (Å²) in [5, 5.41) is 11.2. The standard InChI is InChI=1S/C19H18O7/c1-18-6-11(8-4-5-23-7-8)24-16(20)10(18)3-2-9-12(18)13-14-15(25-14)19(9,22)17(21)26-13/h3-5,7,9,11-15,22H,2,6H2,1H3/t9-,11-,12+,13+,14+,15+,18-,19-/m1/s1. The Labute approximate surface area is 148 Å². The Morgan fingerprint density at radius 3 is 2.85 bits per heavy atom. The van der Waals surface area contributed by atoms with Gasteiger partial charge in [-0.15, -0.1) is 0 Å². The fraction of sp³-hybridized carbons (Fsp3) is 0.579. The van der Waals surface area contributed by atoms with Gasteiger partial charge in [-0.3, -0.25) is 0 Å². The smallest absolute Gasteiger partial charge is 0.341 e. The molecule has 1 aromatic heterocycles. The lowest BCUT2D eigenvalue weighted by Crippen LogP contribution is -2.71. The third kappa shape index (κ3) is 1.53. The maximum atomic E-state index is 12.7. The molecule has 5 heterocycles. The molecule has 5 fully saturated rings. The van der Waals surface area contributed by atoms with Gasteiger partial charge < -0.3 is 23.7 Å². The summed E-state index contributed by atoms with van der Waals surface area (Å²) < 4.78 is 22.0. The van der Waals surface area contributed by atoms with Crippen molar-refractivity contribution in [2.75, 3.05) is 0 Å². The maximum Gasteiger partial charge on any atom is 0.341 e. The zero-order valence-electron chi connectivity index (χ0n) is 14.1. The third-order valence-corrected chi connectivity index (χ3v) is 7.13. The van der Waals surface area contributed by atoms with Crippen LogP contribution in [0.2, 0.25) is 0 Å². The van der Waals surface area contributed by atoms with E-state index in [1.165, 1.54) is 0 Å². The molecule has 2 aliphatic carbocycles. The van der Waals surface area contributed by atoms with Crippen LogP contribution in [0.3, 0.4) is 0 Å². The quantitative estimate of drug-likeness (QED) is 0.596. The van der Waals surface area contributed by atoms with Crippen LogP contribution < -0.4 is 0 Å². The Balaban J connectivity index is 1.47. The van der Waals surface area contributed by atoms with E-state index < -0.39 is 35.3 Å². The van der Waals surface area contributed by atoms with E-state index in [4.69, 9.17) is 18.6 Å². The van der Waals surface area contributed by atoms with Gasteiger partial charge in [0.25, 0.3) is 0 Å². The number of cyclic esters (lactones) is 1. The molecule has 6 aliphatic rings. The van der Waals surface area contributed by atoms with Crippen LogP contribution in [0.25, 0.3) is 0 Å². The second-order valence-corrected chi connectivity index (χ2v) is 8.27. The Bertz CT molecular complexity index is 857. The van der Waals surface area contributed by atoms with E-state index in [2.05, 4.69) is 0 Å². The summed E-state index contributed by atoms with van der Waals surface area (Å²) >= 11 is 0. The molecule has 0 aromatic carbocycles. The molecule has 0 unspecified atom stereocenters. The summed E-state index contributed by atoms with van der Waals surface area (Å²) in [6.07, 6.45) is 4.34. The van der Waals surface area contributed by atoms with Gasteiger partial charge >= 0.3 is 11.9 Å². The van der Waals surface area contributed by atoms with Gasteiger partial charge in [0.05, 0.1) is 12.5 Å². The molecule has 0 spiro atoms. The molecule has 26 heavy (non-hydrogen) atoms. The number of esters is 2. The van der Waals surface area contributed by atoms with E-state index in [0.717, 1.165) is 5.56 Å². The zero-order chi connectivity index (χ0) is 17.8. The molecule has 1 aromatic rings. The first-order valence-corrected chi connectivity index (χ1v) is 8.97. The predicted molar refractivity (Wildman–Crippen MR) is 83.4 cm³/mol. The Hall–Kier alpha value is -2.12. The van der Waals surface area contributed by atoms with Gasteiger partial charge in [-0.25, -0.2) is 9.59 Å².